The van der Waals surface area contributed by atoms with Crippen LogP contribution in [0.15, 0.2) is 47.2 Å². The van der Waals surface area contributed by atoms with E-state index in [2.05, 4.69) is 24.3 Å². The van der Waals surface area contributed by atoms with Crippen molar-refractivity contribution in [1.29, 1.82) is 0 Å². The topological polar surface area (TPSA) is 20.2 Å². The molecule has 1 aromatic carbocycles. The van der Waals surface area contributed by atoms with Crippen molar-refractivity contribution >= 4 is 11.3 Å². The maximum absolute atomic E-state index is 10.2. The maximum atomic E-state index is 10.2. The van der Waals surface area contributed by atoms with Gasteiger partial charge in [0.05, 0.1) is 6.10 Å². The van der Waals surface area contributed by atoms with E-state index in [1.54, 1.807) is 11.3 Å². The SMILES string of the molecule is OC(c1ccsc1)C1CC1c1ccccc1. The Kier molecular flexibility index (Phi) is 2.54. The molecule has 1 aromatic heterocycles. The average molecular weight is 230 g/mol. The van der Waals surface area contributed by atoms with Crippen molar-refractivity contribution in [1.82, 2.24) is 0 Å². The minimum atomic E-state index is -0.281. The fourth-order valence-corrected chi connectivity index (χ4v) is 3.03. The predicted molar refractivity (Wildman–Crippen MR) is 66.6 cm³/mol. The Hall–Kier alpha value is -1.12. The van der Waals surface area contributed by atoms with Crippen LogP contribution in [0.4, 0.5) is 0 Å². The van der Waals surface area contributed by atoms with E-state index in [-0.39, 0.29) is 6.10 Å². The van der Waals surface area contributed by atoms with E-state index in [9.17, 15) is 5.11 Å². The van der Waals surface area contributed by atoms with Gasteiger partial charge in [0.15, 0.2) is 0 Å². The summed E-state index contributed by atoms with van der Waals surface area (Å²) in [5.74, 6) is 0.966. The van der Waals surface area contributed by atoms with Crippen LogP contribution >= 0.6 is 11.3 Å². The molecule has 3 atom stereocenters. The van der Waals surface area contributed by atoms with E-state index in [0.29, 0.717) is 11.8 Å². The van der Waals surface area contributed by atoms with E-state index < -0.39 is 0 Å². The molecule has 1 N–H and O–H groups in total. The Labute approximate surface area is 99.4 Å². The fourth-order valence-electron chi connectivity index (χ4n) is 2.34. The molecule has 0 amide bonds. The monoisotopic (exact) mass is 230 g/mol. The summed E-state index contributed by atoms with van der Waals surface area (Å²) < 4.78 is 0. The van der Waals surface area contributed by atoms with Gasteiger partial charge in [-0.2, -0.15) is 11.3 Å². The van der Waals surface area contributed by atoms with Crippen LogP contribution < -0.4 is 0 Å². The molecule has 0 bridgehead atoms. The van der Waals surface area contributed by atoms with E-state index in [1.807, 2.05) is 22.9 Å². The Morgan fingerprint density at radius 3 is 2.69 bits per heavy atom. The second kappa shape index (κ2) is 4.04. The van der Waals surface area contributed by atoms with Gasteiger partial charge in [-0.05, 0) is 46.2 Å². The van der Waals surface area contributed by atoms with E-state index in [1.165, 1.54) is 5.56 Å². The van der Waals surface area contributed by atoms with Crippen LogP contribution in [0.3, 0.4) is 0 Å². The van der Waals surface area contributed by atoms with Gasteiger partial charge in [0.1, 0.15) is 0 Å². The lowest BCUT2D eigenvalue weighted by Crippen LogP contribution is -1.99. The maximum Gasteiger partial charge on any atom is 0.0832 e. The number of rotatable bonds is 3. The molecule has 3 unspecified atom stereocenters. The molecule has 0 spiro atoms. The summed E-state index contributed by atoms with van der Waals surface area (Å²) in [6, 6.07) is 12.5. The summed E-state index contributed by atoms with van der Waals surface area (Å²) in [5.41, 5.74) is 2.44. The van der Waals surface area contributed by atoms with Crippen LogP contribution in [0.25, 0.3) is 0 Å². The van der Waals surface area contributed by atoms with Gasteiger partial charge in [-0.25, -0.2) is 0 Å². The Balaban J connectivity index is 1.73. The highest BCUT2D eigenvalue weighted by atomic mass is 32.1. The summed E-state index contributed by atoms with van der Waals surface area (Å²) in [6.45, 7) is 0. The number of hydrogen-bond acceptors (Lipinski definition) is 2. The molecule has 1 aliphatic carbocycles. The van der Waals surface area contributed by atoms with Crippen LogP contribution in [0.1, 0.15) is 29.6 Å². The van der Waals surface area contributed by atoms with Crippen molar-refractivity contribution < 1.29 is 5.11 Å². The first-order valence-corrected chi connectivity index (χ1v) is 6.55. The van der Waals surface area contributed by atoms with Crippen LogP contribution in [0.2, 0.25) is 0 Å². The number of aliphatic hydroxyl groups is 1. The van der Waals surface area contributed by atoms with Gasteiger partial charge in [-0.15, -0.1) is 0 Å². The quantitative estimate of drug-likeness (QED) is 0.854. The number of hydrogen-bond donors (Lipinski definition) is 1. The minimum absolute atomic E-state index is 0.281. The lowest BCUT2D eigenvalue weighted by molar-refractivity contribution is 0.152. The second-order valence-electron chi connectivity index (χ2n) is 4.42. The molecule has 1 heterocycles. The Morgan fingerprint density at radius 2 is 2.00 bits per heavy atom. The zero-order chi connectivity index (χ0) is 11.0. The highest BCUT2D eigenvalue weighted by Crippen LogP contribution is 2.54. The second-order valence-corrected chi connectivity index (χ2v) is 5.20. The summed E-state index contributed by atoms with van der Waals surface area (Å²) in [6.07, 6.45) is 0.831. The number of aliphatic hydroxyl groups excluding tert-OH is 1. The lowest BCUT2D eigenvalue weighted by atomic mass is 10.0. The summed E-state index contributed by atoms with van der Waals surface area (Å²) >= 11 is 1.65. The molecule has 0 saturated heterocycles. The van der Waals surface area contributed by atoms with Gasteiger partial charge >= 0.3 is 0 Å². The minimum Gasteiger partial charge on any atom is -0.388 e. The zero-order valence-electron chi connectivity index (χ0n) is 8.91. The summed E-state index contributed by atoms with van der Waals surface area (Å²) in [7, 11) is 0. The van der Waals surface area contributed by atoms with Crippen molar-refractivity contribution in [3.8, 4) is 0 Å². The van der Waals surface area contributed by atoms with Crippen LogP contribution in [0.5, 0.6) is 0 Å². The Morgan fingerprint density at radius 1 is 1.19 bits per heavy atom. The van der Waals surface area contributed by atoms with Crippen molar-refractivity contribution in [3.05, 3.63) is 58.3 Å². The van der Waals surface area contributed by atoms with Gasteiger partial charge in [-0.3, -0.25) is 0 Å². The first-order chi connectivity index (χ1) is 7.86. The highest BCUT2D eigenvalue weighted by Gasteiger charge is 2.43. The molecule has 1 aliphatic rings. The Bertz CT molecular complexity index is 449. The summed E-state index contributed by atoms with van der Waals surface area (Å²) in [4.78, 5) is 0. The van der Waals surface area contributed by atoms with Gasteiger partial charge < -0.3 is 5.11 Å². The molecule has 1 nitrogen and oxygen atoms in total. The van der Waals surface area contributed by atoms with Gasteiger partial charge in [-0.1, -0.05) is 30.3 Å². The fraction of sp³-hybridized carbons (Fsp3) is 0.286. The molecular weight excluding hydrogens is 216 g/mol. The van der Waals surface area contributed by atoms with E-state index in [0.717, 1.165) is 12.0 Å². The molecule has 0 aliphatic heterocycles. The zero-order valence-corrected chi connectivity index (χ0v) is 9.73. The van der Waals surface area contributed by atoms with E-state index in [4.69, 9.17) is 0 Å². The molecule has 3 rings (SSSR count). The van der Waals surface area contributed by atoms with Crippen molar-refractivity contribution in [3.63, 3.8) is 0 Å². The first kappa shape index (κ1) is 10.1. The molecule has 1 saturated carbocycles. The smallest absolute Gasteiger partial charge is 0.0832 e. The van der Waals surface area contributed by atoms with Crippen LogP contribution in [-0.4, -0.2) is 5.11 Å². The summed E-state index contributed by atoms with van der Waals surface area (Å²) in [5, 5.41) is 14.3. The average Bonchev–Trinajstić information content (AvgIpc) is 2.95. The number of benzene rings is 1. The molecule has 82 valence electrons. The predicted octanol–water partition coefficient (Wildman–Crippen LogP) is 3.59. The largest absolute Gasteiger partial charge is 0.388 e. The lowest BCUT2D eigenvalue weighted by Gasteiger charge is -2.08. The van der Waals surface area contributed by atoms with Gasteiger partial charge in [0.25, 0.3) is 0 Å². The van der Waals surface area contributed by atoms with E-state index >= 15 is 0 Å². The third-order valence-corrected chi connectivity index (χ3v) is 4.06. The molecule has 0 radical (unpaired) electrons. The third kappa shape index (κ3) is 1.79. The molecule has 1 fully saturated rings. The van der Waals surface area contributed by atoms with Crippen molar-refractivity contribution in [2.24, 2.45) is 5.92 Å². The van der Waals surface area contributed by atoms with Crippen LogP contribution in [0, 0.1) is 5.92 Å². The van der Waals surface area contributed by atoms with Gasteiger partial charge in [0.2, 0.25) is 0 Å². The highest BCUT2D eigenvalue weighted by molar-refractivity contribution is 7.07. The normalized spacial score (nSPS) is 25.3. The molecule has 2 aromatic rings. The molecule has 16 heavy (non-hydrogen) atoms. The van der Waals surface area contributed by atoms with Crippen molar-refractivity contribution in [2.75, 3.05) is 0 Å². The molecular formula is C14H14OS. The van der Waals surface area contributed by atoms with Crippen molar-refractivity contribution in [2.45, 2.75) is 18.4 Å². The van der Waals surface area contributed by atoms with Crippen LogP contribution in [-0.2, 0) is 0 Å². The standard InChI is InChI=1S/C14H14OS/c15-14(11-6-7-16-9-11)13-8-12(13)10-4-2-1-3-5-10/h1-7,9,12-15H,8H2. The molecule has 2 heteroatoms. The number of thiophene rings is 1. The third-order valence-electron chi connectivity index (χ3n) is 3.36. The first-order valence-electron chi connectivity index (χ1n) is 5.61. The van der Waals surface area contributed by atoms with Gasteiger partial charge in [0, 0.05) is 0 Å².